The van der Waals surface area contributed by atoms with Gasteiger partial charge in [0.1, 0.15) is 0 Å². The lowest BCUT2D eigenvalue weighted by molar-refractivity contribution is 0.192. The monoisotopic (exact) mass is 295 g/mol. The van der Waals surface area contributed by atoms with Crippen molar-refractivity contribution in [1.82, 2.24) is 0 Å². The van der Waals surface area contributed by atoms with E-state index in [9.17, 15) is 0 Å². The topological polar surface area (TPSA) is 35.2 Å². The van der Waals surface area contributed by atoms with Crippen LogP contribution in [0.1, 0.15) is 53.4 Å². The van der Waals surface area contributed by atoms with Crippen LogP contribution in [0.3, 0.4) is 0 Å². The van der Waals surface area contributed by atoms with Crippen LogP contribution in [-0.4, -0.2) is 13.7 Å². The number of rotatable bonds is 6. The summed E-state index contributed by atoms with van der Waals surface area (Å²) in [5, 5.41) is 0. The smallest absolute Gasteiger partial charge is 0.0462 e. The van der Waals surface area contributed by atoms with Crippen LogP contribution in [0.2, 0.25) is 0 Å². The molecule has 0 spiro atoms. The predicted octanol–water partition coefficient (Wildman–Crippen LogP) is 5.33. The summed E-state index contributed by atoms with van der Waals surface area (Å²) >= 11 is 0. The fraction of sp³-hybridized carbons (Fsp3) is 0.579. The van der Waals surface area contributed by atoms with Crippen molar-refractivity contribution in [2.45, 2.75) is 53.4 Å². The van der Waals surface area contributed by atoms with Gasteiger partial charge in [-0.25, -0.2) is 0 Å². The van der Waals surface area contributed by atoms with E-state index in [2.05, 4.69) is 32.2 Å². The Bertz CT molecular complexity index is 252. The number of ether oxygens (including phenoxy) is 1. The Kier molecular flexibility index (Phi) is 31.3. The maximum Gasteiger partial charge on any atom is 0.0462 e. The first-order valence-electron chi connectivity index (χ1n) is 7.19. The molecule has 2 heteroatoms. The second kappa shape index (κ2) is 23.6. The van der Waals surface area contributed by atoms with Crippen molar-refractivity contribution in [2.75, 3.05) is 13.7 Å². The van der Waals surface area contributed by atoms with Crippen LogP contribution in [0.5, 0.6) is 0 Å². The summed E-state index contributed by atoms with van der Waals surface area (Å²) in [7, 11) is 1.74. The molecular weight excluding hydrogens is 258 g/mol. The third kappa shape index (κ3) is 89.2. The highest BCUT2D eigenvalue weighted by atomic mass is 16.5. The summed E-state index contributed by atoms with van der Waals surface area (Å²) in [6, 6.07) is 0. The highest BCUT2D eigenvalue weighted by molar-refractivity contribution is 4.96. The third-order valence-electron chi connectivity index (χ3n) is 1.69. The normalized spacial score (nSPS) is 8.38. The maximum atomic E-state index is 5.06. The maximum absolute atomic E-state index is 5.06. The van der Waals surface area contributed by atoms with Gasteiger partial charge in [0.05, 0.1) is 0 Å². The van der Waals surface area contributed by atoms with Crippen LogP contribution in [0.15, 0.2) is 38.1 Å². The number of nitrogens with two attached hydrogens (primary N) is 1. The molecule has 0 unspecified atom stereocenters. The summed E-state index contributed by atoms with van der Waals surface area (Å²) in [4.78, 5) is 0. The highest BCUT2D eigenvalue weighted by Crippen LogP contribution is 2.08. The van der Waals surface area contributed by atoms with E-state index in [1.165, 1.54) is 19.3 Å². The third-order valence-corrected chi connectivity index (χ3v) is 1.69. The molecule has 0 bridgehead atoms. The highest BCUT2D eigenvalue weighted by Gasteiger charge is 2.00. The molecule has 0 aliphatic rings. The zero-order chi connectivity index (χ0) is 17.7. The van der Waals surface area contributed by atoms with Crippen molar-refractivity contribution < 1.29 is 4.74 Å². The van der Waals surface area contributed by atoms with Crippen LogP contribution in [0.25, 0.3) is 0 Å². The van der Waals surface area contributed by atoms with Gasteiger partial charge in [-0.3, -0.25) is 0 Å². The van der Waals surface area contributed by atoms with E-state index >= 15 is 0 Å². The molecule has 0 amide bonds. The molecule has 0 heterocycles. The van der Waals surface area contributed by atoms with Gasteiger partial charge >= 0.3 is 0 Å². The van der Waals surface area contributed by atoms with Crippen LogP contribution >= 0.6 is 0 Å². The number of methoxy groups -OCH3 is 1. The second-order valence-electron chi connectivity index (χ2n) is 5.37. The number of hydrogen-bond acceptors (Lipinski definition) is 2. The van der Waals surface area contributed by atoms with E-state index in [1.807, 2.05) is 26.8 Å². The summed E-state index contributed by atoms with van der Waals surface area (Å²) in [5.74, 6) is 2.60. The zero-order valence-corrected chi connectivity index (χ0v) is 15.0. The van der Waals surface area contributed by atoms with Crippen molar-refractivity contribution in [2.24, 2.45) is 11.1 Å². The number of terminal acetylenes is 1. The van der Waals surface area contributed by atoms with Crippen LogP contribution < -0.4 is 5.73 Å². The first-order chi connectivity index (χ1) is 9.71. The van der Waals surface area contributed by atoms with Crippen LogP contribution in [0.4, 0.5) is 0 Å². The van der Waals surface area contributed by atoms with E-state index < -0.39 is 0 Å². The Labute approximate surface area is 134 Å². The van der Waals surface area contributed by atoms with Crippen LogP contribution in [-0.2, 0) is 4.74 Å². The molecule has 0 radical (unpaired) electrons. The quantitative estimate of drug-likeness (QED) is 0.408. The van der Waals surface area contributed by atoms with E-state index in [-0.39, 0.29) is 5.41 Å². The average molecular weight is 296 g/mol. The molecule has 0 aromatic rings. The fourth-order valence-corrected chi connectivity index (χ4v) is 0.712. The Morgan fingerprint density at radius 2 is 1.62 bits per heavy atom. The lowest BCUT2D eigenvalue weighted by Crippen LogP contribution is -1.97. The Morgan fingerprint density at radius 1 is 1.24 bits per heavy atom. The number of hydrogen-bond donors (Lipinski definition) is 1. The van der Waals surface area contributed by atoms with Crippen molar-refractivity contribution in [1.29, 1.82) is 0 Å². The van der Waals surface area contributed by atoms with Crippen molar-refractivity contribution in [3.8, 4) is 12.3 Å². The summed E-state index contributed by atoms with van der Waals surface area (Å²) < 4.78 is 4.90. The van der Waals surface area contributed by atoms with Gasteiger partial charge in [0.15, 0.2) is 0 Å². The molecule has 2 nitrogen and oxygen atoms in total. The molecule has 124 valence electrons. The van der Waals surface area contributed by atoms with Gasteiger partial charge in [0.2, 0.25) is 0 Å². The van der Waals surface area contributed by atoms with Gasteiger partial charge in [0, 0.05) is 19.1 Å². The van der Waals surface area contributed by atoms with Gasteiger partial charge in [0.25, 0.3) is 0 Å². The van der Waals surface area contributed by atoms with Crippen LogP contribution in [0, 0.1) is 17.8 Å². The summed E-state index contributed by atoms with van der Waals surface area (Å²) in [5.41, 5.74) is 5.65. The van der Waals surface area contributed by atoms with Gasteiger partial charge < -0.3 is 10.5 Å². The molecule has 0 atom stereocenters. The minimum Gasteiger partial charge on any atom is -0.403 e. The lowest BCUT2D eigenvalue weighted by Gasteiger charge is -2.04. The van der Waals surface area contributed by atoms with E-state index in [0.29, 0.717) is 5.70 Å². The zero-order valence-electron chi connectivity index (χ0n) is 15.0. The van der Waals surface area contributed by atoms with E-state index in [1.54, 1.807) is 14.0 Å². The molecular formula is C19H37NO. The number of allylic oxidation sites excluding steroid dienone is 2. The average Bonchev–Trinajstić information content (AvgIpc) is 2.40. The molecule has 0 aromatic carbocycles. The van der Waals surface area contributed by atoms with E-state index in [0.717, 1.165) is 13.0 Å². The minimum absolute atomic E-state index is 0.0694. The first-order valence-corrected chi connectivity index (χ1v) is 7.19. The summed E-state index contributed by atoms with van der Waals surface area (Å²) in [6.07, 6.45) is 11.9. The standard InChI is InChI=1S/C8H16O.C6H10.C3H7N.C2H4/c1-3-4-5-6-7-8-9-2;1-5-6(2,3)4;1-3(2)4;1-2/h3H,1,4-8H2,2H3;1H,2-4H3;1,4H2,2H3;1-2H2. The molecule has 0 aliphatic carbocycles. The second-order valence-corrected chi connectivity index (χ2v) is 5.37. The molecule has 2 N–H and O–H groups in total. The molecule has 0 saturated heterocycles. The van der Waals surface area contributed by atoms with Crippen molar-refractivity contribution in [3.63, 3.8) is 0 Å². The molecule has 21 heavy (non-hydrogen) atoms. The molecule has 0 fully saturated rings. The molecule has 0 aromatic heterocycles. The first kappa shape index (κ1) is 27.8. The van der Waals surface area contributed by atoms with E-state index in [4.69, 9.17) is 16.9 Å². The van der Waals surface area contributed by atoms with Gasteiger partial charge in [-0.05, 0) is 52.7 Å². The Morgan fingerprint density at radius 3 is 1.86 bits per heavy atom. The molecule has 0 rings (SSSR count). The van der Waals surface area contributed by atoms with Gasteiger partial charge in [-0.1, -0.05) is 19.1 Å². The van der Waals surface area contributed by atoms with Gasteiger partial charge in [-0.15, -0.1) is 32.1 Å². The molecule has 0 aliphatic heterocycles. The Hall–Kier alpha value is -1.46. The van der Waals surface area contributed by atoms with Crippen molar-refractivity contribution in [3.05, 3.63) is 38.1 Å². The molecule has 0 saturated carbocycles. The summed E-state index contributed by atoms with van der Waals surface area (Å²) in [6.45, 7) is 21.7. The SMILES string of the molecule is C#CC(C)(C)C.C=C.C=C(C)N.C=CCCCCCOC. The predicted molar refractivity (Wildman–Crippen MR) is 99.1 cm³/mol. The van der Waals surface area contributed by atoms with Crippen molar-refractivity contribution >= 4 is 0 Å². The number of unbranched alkanes of at least 4 members (excludes halogenated alkanes) is 3. The lowest BCUT2D eigenvalue weighted by atomic mass is 9.99. The fourth-order valence-electron chi connectivity index (χ4n) is 0.712. The van der Waals surface area contributed by atoms with Gasteiger partial charge in [-0.2, -0.15) is 0 Å². The largest absolute Gasteiger partial charge is 0.403 e. The minimum atomic E-state index is 0.0694. The Balaban J connectivity index is -0.000000104.